The SMILES string of the molecule is C=C(C=C(C)C)c1ccccc1N. The molecule has 0 saturated carbocycles. The average Bonchev–Trinajstić information content (AvgIpc) is 2.03. The van der Waals surface area contributed by atoms with Crippen molar-refractivity contribution in [2.75, 3.05) is 5.73 Å². The summed E-state index contributed by atoms with van der Waals surface area (Å²) in [5.74, 6) is 0. The second kappa shape index (κ2) is 3.94. The third-order valence-electron chi connectivity index (χ3n) is 1.77. The van der Waals surface area contributed by atoms with Gasteiger partial charge in [0.05, 0.1) is 0 Å². The zero-order valence-corrected chi connectivity index (χ0v) is 8.17. The number of para-hydroxylation sites is 1. The quantitative estimate of drug-likeness (QED) is 0.539. The second-order valence-corrected chi connectivity index (χ2v) is 3.33. The molecule has 0 atom stereocenters. The Morgan fingerprint density at radius 1 is 1.31 bits per heavy atom. The van der Waals surface area contributed by atoms with E-state index in [0.717, 1.165) is 16.8 Å². The van der Waals surface area contributed by atoms with E-state index in [-0.39, 0.29) is 0 Å². The van der Waals surface area contributed by atoms with Gasteiger partial charge in [-0.3, -0.25) is 0 Å². The lowest BCUT2D eigenvalue weighted by Crippen LogP contribution is -1.90. The molecule has 1 nitrogen and oxygen atoms in total. The average molecular weight is 173 g/mol. The Bertz CT molecular complexity index is 344. The third kappa shape index (κ3) is 2.48. The minimum absolute atomic E-state index is 0.782. The minimum atomic E-state index is 0.782. The number of anilines is 1. The highest BCUT2D eigenvalue weighted by Gasteiger charge is 1.98. The van der Waals surface area contributed by atoms with Gasteiger partial charge in [0.15, 0.2) is 0 Å². The van der Waals surface area contributed by atoms with Gasteiger partial charge in [0.1, 0.15) is 0 Å². The van der Waals surface area contributed by atoms with Crippen molar-refractivity contribution in [3.63, 3.8) is 0 Å². The van der Waals surface area contributed by atoms with Crippen LogP contribution >= 0.6 is 0 Å². The van der Waals surface area contributed by atoms with Crippen LogP contribution in [0.4, 0.5) is 5.69 Å². The summed E-state index contributed by atoms with van der Waals surface area (Å²) in [5, 5.41) is 0. The van der Waals surface area contributed by atoms with E-state index in [9.17, 15) is 0 Å². The van der Waals surface area contributed by atoms with Gasteiger partial charge in [-0.1, -0.05) is 36.4 Å². The summed E-state index contributed by atoms with van der Waals surface area (Å²) in [6.45, 7) is 8.06. The predicted molar refractivity (Wildman–Crippen MR) is 59.3 cm³/mol. The van der Waals surface area contributed by atoms with Gasteiger partial charge in [0.25, 0.3) is 0 Å². The number of allylic oxidation sites excluding steroid dienone is 3. The molecule has 0 heterocycles. The zero-order valence-electron chi connectivity index (χ0n) is 8.17. The van der Waals surface area contributed by atoms with E-state index >= 15 is 0 Å². The first-order chi connectivity index (χ1) is 6.11. The molecule has 0 aromatic heterocycles. The molecule has 0 unspecified atom stereocenters. The Labute approximate surface area is 79.6 Å². The standard InChI is InChI=1S/C12H15N/c1-9(2)8-10(3)11-6-4-5-7-12(11)13/h4-8H,3,13H2,1-2H3. The number of benzene rings is 1. The Morgan fingerprint density at radius 2 is 1.92 bits per heavy atom. The lowest BCUT2D eigenvalue weighted by Gasteiger charge is -2.04. The molecule has 0 fully saturated rings. The van der Waals surface area contributed by atoms with E-state index in [1.54, 1.807) is 0 Å². The van der Waals surface area contributed by atoms with Crippen LogP contribution in [0.2, 0.25) is 0 Å². The molecule has 0 spiro atoms. The van der Waals surface area contributed by atoms with E-state index in [0.29, 0.717) is 0 Å². The number of nitrogens with two attached hydrogens (primary N) is 1. The van der Waals surface area contributed by atoms with Crippen molar-refractivity contribution in [2.24, 2.45) is 0 Å². The topological polar surface area (TPSA) is 26.0 Å². The molecule has 1 aromatic rings. The first kappa shape index (κ1) is 9.59. The van der Waals surface area contributed by atoms with Crippen LogP contribution in [0, 0.1) is 0 Å². The molecule has 0 bridgehead atoms. The van der Waals surface area contributed by atoms with Crippen LogP contribution in [0.15, 0.2) is 42.5 Å². The van der Waals surface area contributed by atoms with Crippen molar-refractivity contribution in [1.29, 1.82) is 0 Å². The van der Waals surface area contributed by atoms with Crippen molar-refractivity contribution < 1.29 is 0 Å². The molecule has 0 amide bonds. The third-order valence-corrected chi connectivity index (χ3v) is 1.77. The molecule has 0 aliphatic heterocycles. The van der Waals surface area contributed by atoms with E-state index in [1.807, 2.05) is 44.2 Å². The molecule has 1 rings (SSSR count). The first-order valence-corrected chi connectivity index (χ1v) is 4.30. The van der Waals surface area contributed by atoms with Crippen LogP contribution in [-0.4, -0.2) is 0 Å². The first-order valence-electron chi connectivity index (χ1n) is 4.30. The van der Waals surface area contributed by atoms with Gasteiger partial charge in [-0.25, -0.2) is 0 Å². The second-order valence-electron chi connectivity index (χ2n) is 3.33. The van der Waals surface area contributed by atoms with E-state index in [4.69, 9.17) is 5.73 Å². The van der Waals surface area contributed by atoms with Gasteiger partial charge in [-0.05, 0) is 25.5 Å². The highest BCUT2D eigenvalue weighted by Crippen LogP contribution is 2.21. The van der Waals surface area contributed by atoms with Gasteiger partial charge in [-0.15, -0.1) is 0 Å². The van der Waals surface area contributed by atoms with Crippen LogP contribution in [0.25, 0.3) is 5.57 Å². The Kier molecular flexibility index (Phi) is 2.91. The summed E-state index contributed by atoms with van der Waals surface area (Å²) in [4.78, 5) is 0. The van der Waals surface area contributed by atoms with Gasteiger partial charge in [0.2, 0.25) is 0 Å². The lowest BCUT2D eigenvalue weighted by molar-refractivity contribution is 1.39. The van der Waals surface area contributed by atoms with E-state index in [2.05, 4.69) is 6.58 Å². The fourth-order valence-corrected chi connectivity index (χ4v) is 1.22. The maximum Gasteiger partial charge on any atom is 0.0393 e. The van der Waals surface area contributed by atoms with Crippen molar-refractivity contribution in [3.8, 4) is 0 Å². The van der Waals surface area contributed by atoms with Crippen LogP contribution in [0.3, 0.4) is 0 Å². The molecule has 1 heteroatoms. The Morgan fingerprint density at radius 3 is 2.46 bits per heavy atom. The number of hydrogen-bond acceptors (Lipinski definition) is 1. The van der Waals surface area contributed by atoms with Crippen LogP contribution in [0.5, 0.6) is 0 Å². The maximum absolute atomic E-state index is 5.81. The van der Waals surface area contributed by atoms with Gasteiger partial charge < -0.3 is 5.73 Å². The highest BCUT2D eigenvalue weighted by molar-refractivity contribution is 5.79. The predicted octanol–water partition coefficient (Wildman–Crippen LogP) is 3.25. The minimum Gasteiger partial charge on any atom is -0.398 e. The van der Waals surface area contributed by atoms with Crippen LogP contribution in [0.1, 0.15) is 19.4 Å². The molecular weight excluding hydrogens is 158 g/mol. The summed E-state index contributed by atoms with van der Waals surface area (Å²) >= 11 is 0. The summed E-state index contributed by atoms with van der Waals surface area (Å²) in [5.41, 5.74) is 9.81. The van der Waals surface area contributed by atoms with E-state index in [1.165, 1.54) is 5.57 Å². The molecule has 0 saturated heterocycles. The zero-order chi connectivity index (χ0) is 9.84. The fraction of sp³-hybridized carbons (Fsp3) is 0.167. The lowest BCUT2D eigenvalue weighted by atomic mass is 10.0. The number of nitrogen functional groups attached to an aromatic ring is 1. The summed E-state index contributed by atoms with van der Waals surface area (Å²) < 4.78 is 0. The molecular formula is C12H15N. The van der Waals surface area contributed by atoms with Crippen molar-refractivity contribution in [1.82, 2.24) is 0 Å². The van der Waals surface area contributed by atoms with Gasteiger partial charge in [0, 0.05) is 11.3 Å². The summed E-state index contributed by atoms with van der Waals surface area (Å²) in [6, 6.07) is 7.76. The largest absolute Gasteiger partial charge is 0.398 e. The summed E-state index contributed by atoms with van der Waals surface area (Å²) in [6.07, 6.45) is 2.03. The van der Waals surface area contributed by atoms with Crippen LogP contribution in [-0.2, 0) is 0 Å². The van der Waals surface area contributed by atoms with Crippen molar-refractivity contribution >= 4 is 11.3 Å². The smallest absolute Gasteiger partial charge is 0.0393 e. The molecule has 68 valence electrons. The Hall–Kier alpha value is -1.50. The maximum atomic E-state index is 5.81. The number of hydrogen-bond donors (Lipinski definition) is 1. The van der Waals surface area contributed by atoms with Gasteiger partial charge in [-0.2, -0.15) is 0 Å². The van der Waals surface area contributed by atoms with Crippen LogP contribution < -0.4 is 5.73 Å². The monoisotopic (exact) mass is 173 g/mol. The Balaban J connectivity index is 3.03. The molecule has 2 N–H and O–H groups in total. The molecule has 0 aliphatic rings. The molecule has 0 radical (unpaired) electrons. The molecule has 1 aromatic carbocycles. The van der Waals surface area contributed by atoms with Crippen molar-refractivity contribution in [3.05, 3.63) is 48.1 Å². The molecule has 0 aliphatic carbocycles. The van der Waals surface area contributed by atoms with E-state index < -0.39 is 0 Å². The fourth-order valence-electron chi connectivity index (χ4n) is 1.22. The van der Waals surface area contributed by atoms with Gasteiger partial charge >= 0.3 is 0 Å². The number of rotatable bonds is 2. The normalized spacial score (nSPS) is 9.38. The highest BCUT2D eigenvalue weighted by atomic mass is 14.6. The van der Waals surface area contributed by atoms with Crippen molar-refractivity contribution in [2.45, 2.75) is 13.8 Å². The molecule has 13 heavy (non-hydrogen) atoms. The summed E-state index contributed by atoms with van der Waals surface area (Å²) in [7, 11) is 0.